The van der Waals surface area contributed by atoms with Crippen LogP contribution in [0, 0.1) is 0 Å². The van der Waals surface area contributed by atoms with Gasteiger partial charge in [-0.2, -0.15) is 0 Å². The van der Waals surface area contributed by atoms with Crippen molar-refractivity contribution < 1.29 is 4.79 Å². The van der Waals surface area contributed by atoms with Crippen LogP contribution in [-0.4, -0.2) is 34.9 Å². The zero-order valence-corrected chi connectivity index (χ0v) is 10.6. The molecular formula is C13H19N3O2. The number of carbonyl (C=O) groups is 1. The summed E-state index contributed by atoms with van der Waals surface area (Å²) in [6.45, 7) is 0. The first-order valence-corrected chi connectivity index (χ1v) is 6.31. The third-order valence-corrected chi connectivity index (χ3v) is 3.62. The lowest BCUT2D eigenvalue weighted by Gasteiger charge is -2.36. The minimum atomic E-state index is -0.262. The van der Waals surface area contributed by atoms with E-state index in [0.29, 0.717) is 5.56 Å². The summed E-state index contributed by atoms with van der Waals surface area (Å²) in [6, 6.07) is 3.06. The molecule has 1 fully saturated rings. The van der Waals surface area contributed by atoms with E-state index in [4.69, 9.17) is 5.73 Å². The second kappa shape index (κ2) is 5.35. The zero-order valence-electron chi connectivity index (χ0n) is 10.6. The number of nitrogens with zero attached hydrogens (tertiary/aromatic N) is 1. The summed E-state index contributed by atoms with van der Waals surface area (Å²) >= 11 is 0. The van der Waals surface area contributed by atoms with E-state index in [1.165, 1.54) is 12.3 Å². The highest BCUT2D eigenvalue weighted by molar-refractivity contribution is 5.94. The number of hydrogen-bond acceptors (Lipinski definition) is 3. The van der Waals surface area contributed by atoms with Crippen LogP contribution in [0.25, 0.3) is 0 Å². The standard InChI is InChI=1S/C13H19N3O2/c1-16(11-5-3-2-4-10(11)14)13(18)9-6-7-15-12(17)8-9/h6-8,10-11H,2-5,14H2,1H3,(H,15,17). The van der Waals surface area contributed by atoms with Gasteiger partial charge in [-0.3, -0.25) is 9.59 Å². The fraction of sp³-hybridized carbons (Fsp3) is 0.538. The first kappa shape index (κ1) is 12.8. The van der Waals surface area contributed by atoms with Crippen molar-refractivity contribution in [2.24, 2.45) is 5.73 Å². The number of H-pyrrole nitrogens is 1. The number of likely N-dealkylation sites (N-methyl/N-ethyl adjacent to an activating group) is 1. The quantitative estimate of drug-likeness (QED) is 0.810. The highest BCUT2D eigenvalue weighted by atomic mass is 16.2. The summed E-state index contributed by atoms with van der Waals surface area (Å²) in [4.78, 5) is 27.6. The summed E-state index contributed by atoms with van der Waals surface area (Å²) in [5, 5.41) is 0. The van der Waals surface area contributed by atoms with Crippen LogP contribution < -0.4 is 11.3 Å². The van der Waals surface area contributed by atoms with E-state index in [2.05, 4.69) is 4.98 Å². The molecule has 0 radical (unpaired) electrons. The van der Waals surface area contributed by atoms with Gasteiger partial charge in [-0.25, -0.2) is 0 Å². The van der Waals surface area contributed by atoms with Gasteiger partial charge in [0, 0.05) is 37.0 Å². The molecule has 1 saturated carbocycles. The van der Waals surface area contributed by atoms with Crippen molar-refractivity contribution in [3.05, 3.63) is 34.2 Å². The lowest BCUT2D eigenvalue weighted by molar-refractivity contribution is 0.0672. The molecule has 1 aliphatic rings. The van der Waals surface area contributed by atoms with Gasteiger partial charge in [0.1, 0.15) is 0 Å². The highest BCUT2D eigenvalue weighted by Gasteiger charge is 2.28. The molecule has 0 aromatic carbocycles. The number of nitrogens with one attached hydrogen (secondary N) is 1. The molecule has 0 spiro atoms. The van der Waals surface area contributed by atoms with Crippen LogP contribution in [-0.2, 0) is 0 Å². The van der Waals surface area contributed by atoms with Crippen LogP contribution in [0.4, 0.5) is 0 Å². The maximum atomic E-state index is 12.3. The topological polar surface area (TPSA) is 79.2 Å². The van der Waals surface area contributed by atoms with Gasteiger partial charge in [-0.15, -0.1) is 0 Å². The Balaban J connectivity index is 2.15. The van der Waals surface area contributed by atoms with E-state index in [-0.39, 0.29) is 23.6 Å². The molecule has 1 aromatic rings. The molecule has 5 heteroatoms. The van der Waals surface area contributed by atoms with Gasteiger partial charge in [0.05, 0.1) is 0 Å². The number of rotatable bonds is 2. The van der Waals surface area contributed by atoms with Crippen molar-refractivity contribution >= 4 is 5.91 Å². The third-order valence-electron chi connectivity index (χ3n) is 3.62. The average Bonchev–Trinajstić information content (AvgIpc) is 2.37. The summed E-state index contributed by atoms with van der Waals surface area (Å²) in [5.41, 5.74) is 6.22. The maximum absolute atomic E-state index is 12.3. The normalized spacial score (nSPS) is 23.7. The van der Waals surface area contributed by atoms with Crippen molar-refractivity contribution in [3.8, 4) is 0 Å². The first-order chi connectivity index (χ1) is 8.59. The number of pyridine rings is 1. The van der Waals surface area contributed by atoms with Gasteiger partial charge in [-0.1, -0.05) is 12.8 Å². The van der Waals surface area contributed by atoms with Crippen molar-refractivity contribution in [1.82, 2.24) is 9.88 Å². The van der Waals surface area contributed by atoms with E-state index >= 15 is 0 Å². The molecule has 5 nitrogen and oxygen atoms in total. The molecule has 2 atom stereocenters. The zero-order chi connectivity index (χ0) is 13.1. The summed E-state index contributed by atoms with van der Waals surface area (Å²) in [5.74, 6) is -0.136. The second-order valence-corrected chi connectivity index (χ2v) is 4.87. The molecule has 0 bridgehead atoms. The molecule has 0 saturated heterocycles. The number of aromatic amines is 1. The Morgan fingerprint density at radius 2 is 2.17 bits per heavy atom. The van der Waals surface area contributed by atoms with Gasteiger partial charge >= 0.3 is 0 Å². The van der Waals surface area contributed by atoms with E-state index in [1.54, 1.807) is 18.0 Å². The number of aromatic nitrogens is 1. The Hall–Kier alpha value is -1.62. The SMILES string of the molecule is CN(C(=O)c1cc[nH]c(=O)c1)C1CCCCC1N. The van der Waals surface area contributed by atoms with Crippen molar-refractivity contribution in [2.45, 2.75) is 37.8 Å². The Labute approximate surface area is 106 Å². The van der Waals surface area contributed by atoms with Gasteiger partial charge in [0.25, 0.3) is 5.91 Å². The predicted molar refractivity (Wildman–Crippen MR) is 69.4 cm³/mol. The first-order valence-electron chi connectivity index (χ1n) is 6.31. The third kappa shape index (κ3) is 2.61. The van der Waals surface area contributed by atoms with Gasteiger partial charge < -0.3 is 15.6 Å². The molecule has 0 aliphatic heterocycles. The largest absolute Gasteiger partial charge is 0.337 e. The molecule has 3 N–H and O–H groups in total. The predicted octanol–water partition coefficient (Wildman–Crippen LogP) is 0.717. The maximum Gasteiger partial charge on any atom is 0.254 e. The number of amides is 1. The molecular weight excluding hydrogens is 230 g/mol. The molecule has 1 amide bonds. The van der Waals surface area contributed by atoms with E-state index in [9.17, 15) is 9.59 Å². The molecule has 1 heterocycles. The number of nitrogens with two attached hydrogens (primary N) is 1. The van der Waals surface area contributed by atoms with Crippen LogP contribution in [0.3, 0.4) is 0 Å². The van der Waals surface area contributed by atoms with Gasteiger partial charge in [0.15, 0.2) is 0 Å². The minimum absolute atomic E-state index is 0.0368. The molecule has 98 valence electrons. The molecule has 1 aliphatic carbocycles. The Kier molecular flexibility index (Phi) is 3.81. The number of hydrogen-bond donors (Lipinski definition) is 2. The number of carbonyl (C=O) groups excluding carboxylic acids is 1. The highest BCUT2D eigenvalue weighted by Crippen LogP contribution is 2.22. The second-order valence-electron chi connectivity index (χ2n) is 4.87. The van der Waals surface area contributed by atoms with Crippen LogP contribution in [0.1, 0.15) is 36.0 Å². The Morgan fingerprint density at radius 3 is 2.83 bits per heavy atom. The van der Waals surface area contributed by atoms with Gasteiger partial charge in [-0.05, 0) is 18.9 Å². The molecule has 2 unspecified atom stereocenters. The van der Waals surface area contributed by atoms with Crippen LogP contribution in [0.2, 0.25) is 0 Å². The van der Waals surface area contributed by atoms with Crippen molar-refractivity contribution in [1.29, 1.82) is 0 Å². The van der Waals surface area contributed by atoms with E-state index in [1.807, 2.05) is 0 Å². The fourth-order valence-corrected chi connectivity index (χ4v) is 2.55. The van der Waals surface area contributed by atoms with Crippen molar-refractivity contribution in [2.75, 3.05) is 7.05 Å². The molecule has 18 heavy (non-hydrogen) atoms. The summed E-state index contributed by atoms with van der Waals surface area (Å²) < 4.78 is 0. The minimum Gasteiger partial charge on any atom is -0.337 e. The lowest BCUT2D eigenvalue weighted by atomic mass is 9.90. The smallest absolute Gasteiger partial charge is 0.254 e. The summed E-state index contributed by atoms with van der Waals surface area (Å²) in [6.07, 6.45) is 5.62. The molecule has 2 rings (SSSR count). The monoisotopic (exact) mass is 249 g/mol. The van der Waals surface area contributed by atoms with Crippen LogP contribution >= 0.6 is 0 Å². The Bertz CT molecular complexity index is 483. The Morgan fingerprint density at radius 1 is 1.44 bits per heavy atom. The van der Waals surface area contributed by atoms with E-state index in [0.717, 1.165) is 25.7 Å². The fourth-order valence-electron chi connectivity index (χ4n) is 2.55. The van der Waals surface area contributed by atoms with E-state index < -0.39 is 0 Å². The van der Waals surface area contributed by atoms with Crippen molar-refractivity contribution in [3.63, 3.8) is 0 Å². The lowest BCUT2D eigenvalue weighted by Crippen LogP contribution is -2.50. The van der Waals surface area contributed by atoms with Crippen LogP contribution in [0.15, 0.2) is 23.1 Å². The average molecular weight is 249 g/mol. The summed E-state index contributed by atoms with van der Waals surface area (Å²) in [7, 11) is 1.76. The molecule has 1 aromatic heterocycles. The van der Waals surface area contributed by atoms with Crippen LogP contribution in [0.5, 0.6) is 0 Å². The van der Waals surface area contributed by atoms with Gasteiger partial charge in [0.2, 0.25) is 5.56 Å².